The van der Waals surface area contributed by atoms with Gasteiger partial charge in [-0.15, -0.1) is 6.58 Å². The molecule has 1 amide bonds. The topological polar surface area (TPSA) is 61.1 Å². The number of carbonyl (C=O) groups excluding carboxylic acids is 1. The Morgan fingerprint density at radius 1 is 1.43 bits per heavy atom. The molecule has 6 nitrogen and oxygen atoms in total. The third-order valence-electron chi connectivity index (χ3n) is 3.36. The molecule has 0 bridgehead atoms. The molecule has 0 aromatic carbocycles. The van der Waals surface area contributed by atoms with E-state index in [4.69, 9.17) is 4.42 Å². The molecule has 6 heteroatoms. The van der Waals surface area contributed by atoms with Gasteiger partial charge in [0, 0.05) is 40.7 Å². The number of carbonyl (C=O) groups is 1. The molecule has 0 aliphatic carbocycles. The van der Waals surface area contributed by atoms with Crippen LogP contribution in [0.4, 0.5) is 0 Å². The highest BCUT2D eigenvalue weighted by Crippen LogP contribution is 2.00. The number of allylic oxidation sites excluding steroid dienone is 1. The van der Waals surface area contributed by atoms with E-state index >= 15 is 0 Å². The molecule has 0 saturated carbocycles. The van der Waals surface area contributed by atoms with Crippen molar-refractivity contribution in [3.63, 3.8) is 0 Å². The number of amides is 1. The van der Waals surface area contributed by atoms with E-state index in [1.165, 1.54) is 0 Å². The fraction of sp³-hybridized carbons (Fsp3) is 0.529. The fourth-order valence-electron chi connectivity index (χ4n) is 1.93. The number of aliphatic imine (C=N–C) groups is 1. The zero-order valence-electron chi connectivity index (χ0n) is 14.4. The Hall–Kier alpha value is -2.24. The van der Waals surface area contributed by atoms with Gasteiger partial charge in [0.05, 0.1) is 6.26 Å². The molecule has 0 unspecified atom stereocenters. The van der Waals surface area contributed by atoms with Crippen molar-refractivity contribution in [1.82, 2.24) is 15.1 Å². The molecule has 128 valence electrons. The SMILES string of the molecule is C=CCCCN(C)C(=NCC(=O)N(C)C)NCCc1ccco1. The van der Waals surface area contributed by atoms with Gasteiger partial charge in [-0.1, -0.05) is 6.08 Å². The van der Waals surface area contributed by atoms with Crippen molar-refractivity contribution in [3.05, 3.63) is 36.8 Å². The van der Waals surface area contributed by atoms with Crippen LogP contribution in [0.15, 0.2) is 40.5 Å². The van der Waals surface area contributed by atoms with Crippen LogP contribution in [0.3, 0.4) is 0 Å². The van der Waals surface area contributed by atoms with Crippen molar-refractivity contribution < 1.29 is 9.21 Å². The van der Waals surface area contributed by atoms with Gasteiger partial charge in [-0.05, 0) is 25.0 Å². The first-order valence-electron chi connectivity index (χ1n) is 7.87. The second-order valence-electron chi connectivity index (χ2n) is 5.54. The number of hydrogen-bond acceptors (Lipinski definition) is 3. The molecule has 0 radical (unpaired) electrons. The van der Waals surface area contributed by atoms with E-state index in [1.807, 2.05) is 30.2 Å². The molecule has 23 heavy (non-hydrogen) atoms. The number of unbranched alkanes of at least 4 members (excludes halogenated alkanes) is 1. The summed E-state index contributed by atoms with van der Waals surface area (Å²) in [7, 11) is 5.44. The van der Waals surface area contributed by atoms with Gasteiger partial charge in [0.2, 0.25) is 5.91 Å². The van der Waals surface area contributed by atoms with Gasteiger partial charge >= 0.3 is 0 Å². The van der Waals surface area contributed by atoms with Crippen LogP contribution in [0, 0.1) is 0 Å². The third kappa shape index (κ3) is 7.54. The quantitative estimate of drug-likeness (QED) is 0.326. The van der Waals surface area contributed by atoms with Gasteiger partial charge in [0.25, 0.3) is 0 Å². The number of guanidine groups is 1. The highest BCUT2D eigenvalue weighted by molar-refractivity contribution is 5.84. The van der Waals surface area contributed by atoms with Crippen molar-refractivity contribution in [2.45, 2.75) is 19.3 Å². The molecule has 1 heterocycles. The van der Waals surface area contributed by atoms with Gasteiger partial charge in [0.1, 0.15) is 12.3 Å². The van der Waals surface area contributed by atoms with Crippen molar-refractivity contribution in [2.24, 2.45) is 4.99 Å². The summed E-state index contributed by atoms with van der Waals surface area (Å²) in [6.07, 6.45) is 6.31. The second kappa shape index (κ2) is 10.5. The smallest absolute Gasteiger partial charge is 0.243 e. The monoisotopic (exact) mass is 320 g/mol. The number of hydrogen-bond donors (Lipinski definition) is 1. The number of nitrogens with one attached hydrogen (secondary N) is 1. The Kier molecular flexibility index (Phi) is 8.57. The molecular formula is C17H28N4O2. The Labute approximate surface area is 138 Å². The van der Waals surface area contributed by atoms with E-state index in [-0.39, 0.29) is 12.5 Å². The average molecular weight is 320 g/mol. The Morgan fingerprint density at radius 3 is 2.83 bits per heavy atom. The molecule has 0 atom stereocenters. The lowest BCUT2D eigenvalue weighted by molar-refractivity contribution is -0.127. The normalized spacial score (nSPS) is 11.2. The lowest BCUT2D eigenvalue weighted by atomic mass is 10.3. The van der Waals surface area contributed by atoms with E-state index in [9.17, 15) is 4.79 Å². The summed E-state index contributed by atoms with van der Waals surface area (Å²) < 4.78 is 5.32. The molecule has 1 aromatic heterocycles. The van der Waals surface area contributed by atoms with Gasteiger partial charge in [-0.3, -0.25) is 4.79 Å². The van der Waals surface area contributed by atoms with Crippen LogP contribution in [-0.2, 0) is 11.2 Å². The van der Waals surface area contributed by atoms with Crippen LogP contribution in [0.1, 0.15) is 18.6 Å². The molecular weight excluding hydrogens is 292 g/mol. The highest BCUT2D eigenvalue weighted by atomic mass is 16.3. The summed E-state index contributed by atoms with van der Waals surface area (Å²) in [4.78, 5) is 19.7. The van der Waals surface area contributed by atoms with Crippen molar-refractivity contribution >= 4 is 11.9 Å². The Balaban J connectivity index is 2.56. The summed E-state index contributed by atoms with van der Waals surface area (Å²) >= 11 is 0. The maximum Gasteiger partial charge on any atom is 0.243 e. The maximum absolute atomic E-state index is 11.7. The number of rotatable bonds is 9. The van der Waals surface area contributed by atoms with E-state index in [0.717, 1.165) is 37.5 Å². The number of nitrogens with zero attached hydrogens (tertiary/aromatic N) is 3. The van der Waals surface area contributed by atoms with Crippen LogP contribution in [0.5, 0.6) is 0 Å². The van der Waals surface area contributed by atoms with E-state index < -0.39 is 0 Å². The summed E-state index contributed by atoms with van der Waals surface area (Å²) in [5.74, 6) is 1.64. The fourth-order valence-corrected chi connectivity index (χ4v) is 1.93. The predicted octanol–water partition coefficient (Wildman–Crippen LogP) is 1.75. The molecule has 1 rings (SSSR count). The van der Waals surface area contributed by atoms with E-state index in [2.05, 4.69) is 16.9 Å². The molecule has 0 spiro atoms. The molecule has 0 aliphatic heterocycles. The lowest BCUT2D eigenvalue weighted by Crippen LogP contribution is -2.41. The molecule has 0 aliphatic rings. The minimum Gasteiger partial charge on any atom is -0.469 e. The zero-order chi connectivity index (χ0) is 17.1. The van der Waals surface area contributed by atoms with Crippen molar-refractivity contribution in [1.29, 1.82) is 0 Å². The van der Waals surface area contributed by atoms with Crippen LogP contribution in [-0.4, -0.2) is 62.4 Å². The third-order valence-corrected chi connectivity index (χ3v) is 3.36. The molecule has 1 aromatic rings. The molecule has 0 saturated heterocycles. The van der Waals surface area contributed by atoms with Gasteiger partial charge in [-0.25, -0.2) is 4.99 Å². The first-order valence-corrected chi connectivity index (χ1v) is 7.87. The average Bonchev–Trinajstić information content (AvgIpc) is 3.03. The van der Waals surface area contributed by atoms with E-state index in [1.54, 1.807) is 25.3 Å². The minimum absolute atomic E-state index is 0.0187. The molecule has 1 N–H and O–H groups in total. The standard InChI is InChI=1S/C17H28N4O2/c1-5-6-7-12-21(4)17(19-14-16(22)20(2)3)18-11-10-15-9-8-13-23-15/h5,8-9,13H,1,6-7,10-12,14H2,2-4H3,(H,18,19). The van der Waals surface area contributed by atoms with Gasteiger partial charge in [0.15, 0.2) is 5.96 Å². The summed E-state index contributed by atoms with van der Waals surface area (Å²) in [6.45, 7) is 5.43. The number of likely N-dealkylation sites (N-methyl/N-ethyl adjacent to an activating group) is 1. The summed E-state index contributed by atoms with van der Waals surface area (Å²) in [5, 5.41) is 3.30. The maximum atomic E-state index is 11.7. The number of furan rings is 1. The molecule has 0 fully saturated rings. The van der Waals surface area contributed by atoms with Crippen LogP contribution in [0.2, 0.25) is 0 Å². The first-order chi connectivity index (χ1) is 11.0. The minimum atomic E-state index is -0.0187. The van der Waals surface area contributed by atoms with E-state index in [0.29, 0.717) is 6.54 Å². The van der Waals surface area contributed by atoms with Crippen LogP contribution < -0.4 is 5.32 Å². The van der Waals surface area contributed by atoms with Gasteiger partial charge in [-0.2, -0.15) is 0 Å². The summed E-state index contributed by atoms with van der Waals surface area (Å²) in [6, 6.07) is 3.82. The lowest BCUT2D eigenvalue weighted by Gasteiger charge is -2.22. The predicted molar refractivity (Wildman–Crippen MR) is 93.5 cm³/mol. The highest BCUT2D eigenvalue weighted by Gasteiger charge is 2.09. The largest absolute Gasteiger partial charge is 0.469 e. The van der Waals surface area contributed by atoms with Crippen molar-refractivity contribution in [2.75, 3.05) is 40.8 Å². The van der Waals surface area contributed by atoms with Crippen LogP contribution in [0.25, 0.3) is 0 Å². The second-order valence-corrected chi connectivity index (χ2v) is 5.54. The first kappa shape index (κ1) is 18.8. The van der Waals surface area contributed by atoms with Crippen molar-refractivity contribution in [3.8, 4) is 0 Å². The Bertz CT molecular complexity index is 495. The summed E-state index contributed by atoms with van der Waals surface area (Å²) in [5.41, 5.74) is 0. The zero-order valence-corrected chi connectivity index (χ0v) is 14.4. The van der Waals surface area contributed by atoms with Gasteiger partial charge < -0.3 is 19.5 Å². The Morgan fingerprint density at radius 2 is 2.22 bits per heavy atom. The van der Waals surface area contributed by atoms with Crippen LogP contribution >= 0.6 is 0 Å².